The lowest BCUT2D eigenvalue weighted by Gasteiger charge is -2.21. The maximum Gasteiger partial charge on any atom is 0.216 e. The summed E-state index contributed by atoms with van der Waals surface area (Å²) in [7, 11) is 0. The predicted octanol–water partition coefficient (Wildman–Crippen LogP) is 0.142. The highest BCUT2D eigenvalue weighted by atomic mass is 16.3. The number of amides is 1. The molecule has 0 saturated carbocycles. The Morgan fingerprint density at radius 2 is 2.00 bits per heavy atom. The Morgan fingerprint density at radius 3 is 2.63 bits per heavy atom. The van der Waals surface area contributed by atoms with Crippen LogP contribution in [0.4, 0.5) is 0 Å². The first kappa shape index (κ1) is 15.6. The van der Waals surface area contributed by atoms with Gasteiger partial charge in [-0.2, -0.15) is 0 Å². The zero-order valence-corrected chi connectivity index (χ0v) is 11.0. The highest BCUT2D eigenvalue weighted by Gasteiger charge is 2.20. The van der Waals surface area contributed by atoms with Crippen LogP contribution in [-0.4, -0.2) is 40.5 Å². The zero-order chi connectivity index (χ0) is 14.3. The Labute approximate surface area is 112 Å². The van der Waals surface area contributed by atoms with Crippen molar-refractivity contribution in [3.63, 3.8) is 0 Å². The lowest BCUT2D eigenvalue weighted by atomic mass is 9.96. The quantitative estimate of drug-likeness (QED) is 0.566. The molecule has 2 atom stereocenters. The molecule has 0 aliphatic heterocycles. The van der Waals surface area contributed by atoms with Gasteiger partial charge in [0.15, 0.2) is 0 Å². The van der Waals surface area contributed by atoms with Gasteiger partial charge in [-0.3, -0.25) is 4.79 Å². The minimum Gasteiger partial charge on any atom is -0.396 e. The normalized spacial score (nSPS) is 13.9. The van der Waals surface area contributed by atoms with Crippen LogP contribution in [0.25, 0.3) is 0 Å². The van der Waals surface area contributed by atoms with Gasteiger partial charge >= 0.3 is 0 Å². The fourth-order valence-corrected chi connectivity index (χ4v) is 1.89. The summed E-state index contributed by atoms with van der Waals surface area (Å²) in [6.45, 7) is 1.44. The molecule has 0 aromatic heterocycles. The van der Waals surface area contributed by atoms with Crippen LogP contribution in [0.15, 0.2) is 24.3 Å². The average molecular weight is 267 g/mol. The molecule has 1 aromatic rings. The molecule has 0 aliphatic rings. The number of carbonyl (C=O) groups is 1. The van der Waals surface area contributed by atoms with E-state index in [0.29, 0.717) is 18.4 Å². The first-order chi connectivity index (χ1) is 9.06. The summed E-state index contributed by atoms with van der Waals surface area (Å²) in [5, 5.41) is 31.3. The van der Waals surface area contributed by atoms with E-state index in [1.807, 2.05) is 12.1 Å². The SMILES string of the molecule is CC(=O)NCC(O)C(O)c1ccccc1CCCO. The van der Waals surface area contributed by atoms with Crippen LogP contribution in [-0.2, 0) is 11.2 Å². The fraction of sp³-hybridized carbons (Fsp3) is 0.500. The zero-order valence-electron chi connectivity index (χ0n) is 11.0. The van der Waals surface area contributed by atoms with E-state index in [9.17, 15) is 15.0 Å². The van der Waals surface area contributed by atoms with Crippen molar-refractivity contribution in [2.45, 2.75) is 32.0 Å². The molecular weight excluding hydrogens is 246 g/mol. The van der Waals surface area contributed by atoms with Gasteiger partial charge in [0, 0.05) is 20.1 Å². The lowest BCUT2D eigenvalue weighted by molar-refractivity contribution is -0.119. The highest BCUT2D eigenvalue weighted by molar-refractivity contribution is 5.72. The molecule has 0 heterocycles. The first-order valence-electron chi connectivity index (χ1n) is 6.35. The number of hydrogen-bond donors (Lipinski definition) is 4. The van der Waals surface area contributed by atoms with Gasteiger partial charge < -0.3 is 20.6 Å². The summed E-state index contributed by atoms with van der Waals surface area (Å²) in [6, 6.07) is 7.24. The van der Waals surface area contributed by atoms with Gasteiger partial charge in [-0.1, -0.05) is 24.3 Å². The summed E-state index contributed by atoms with van der Waals surface area (Å²) in [6.07, 6.45) is -0.872. The van der Waals surface area contributed by atoms with Crippen molar-refractivity contribution < 1.29 is 20.1 Å². The van der Waals surface area contributed by atoms with Crippen LogP contribution >= 0.6 is 0 Å². The number of hydrogen-bond acceptors (Lipinski definition) is 4. The molecule has 0 fully saturated rings. The number of benzene rings is 1. The van der Waals surface area contributed by atoms with Crippen molar-refractivity contribution in [3.8, 4) is 0 Å². The minimum absolute atomic E-state index is 0.00480. The Morgan fingerprint density at radius 1 is 1.32 bits per heavy atom. The summed E-state index contributed by atoms with van der Waals surface area (Å²) in [5.74, 6) is -0.250. The van der Waals surface area contributed by atoms with Crippen molar-refractivity contribution in [3.05, 3.63) is 35.4 Å². The van der Waals surface area contributed by atoms with E-state index in [1.54, 1.807) is 12.1 Å². The molecule has 0 bridgehead atoms. The monoisotopic (exact) mass is 267 g/mol. The Bertz CT molecular complexity index is 408. The number of aliphatic hydroxyl groups is 3. The van der Waals surface area contributed by atoms with Crippen molar-refractivity contribution in [2.24, 2.45) is 0 Å². The second kappa shape index (κ2) is 7.89. The van der Waals surface area contributed by atoms with E-state index in [-0.39, 0.29) is 19.1 Å². The Kier molecular flexibility index (Phi) is 6.49. The van der Waals surface area contributed by atoms with Gasteiger partial charge in [0.05, 0.1) is 0 Å². The summed E-state index contributed by atoms with van der Waals surface area (Å²) in [5.41, 5.74) is 1.53. The third-order valence-electron chi connectivity index (χ3n) is 2.90. The molecule has 19 heavy (non-hydrogen) atoms. The van der Waals surface area contributed by atoms with Gasteiger partial charge in [-0.05, 0) is 24.0 Å². The van der Waals surface area contributed by atoms with E-state index < -0.39 is 12.2 Å². The van der Waals surface area contributed by atoms with Crippen molar-refractivity contribution in [2.75, 3.05) is 13.2 Å². The Hall–Kier alpha value is -1.43. The number of rotatable bonds is 7. The van der Waals surface area contributed by atoms with E-state index in [1.165, 1.54) is 6.92 Å². The highest BCUT2D eigenvalue weighted by Crippen LogP contribution is 2.22. The van der Waals surface area contributed by atoms with Gasteiger partial charge in [0.1, 0.15) is 12.2 Å². The van der Waals surface area contributed by atoms with Gasteiger partial charge in [-0.25, -0.2) is 0 Å². The minimum atomic E-state index is -1.06. The predicted molar refractivity (Wildman–Crippen MR) is 71.5 cm³/mol. The van der Waals surface area contributed by atoms with Crippen LogP contribution in [0.2, 0.25) is 0 Å². The van der Waals surface area contributed by atoms with Crippen LogP contribution in [0.5, 0.6) is 0 Å². The molecule has 2 unspecified atom stereocenters. The second-order valence-corrected chi connectivity index (χ2v) is 4.48. The molecule has 0 spiro atoms. The van der Waals surface area contributed by atoms with Crippen LogP contribution < -0.4 is 5.32 Å². The van der Waals surface area contributed by atoms with Gasteiger partial charge in [-0.15, -0.1) is 0 Å². The van der Waals surface area contributed by atoms with E-state index in [0.717, 1.165) is 5.56 Å². The Balaban J connectivity index is 2.74. The third kappa shape index (κ3) is 4.98. The standard InChI is InChI=1S/C14H21NO4/c1-10(17)15-9-13(18)14(19)12-7-3-2-5-11(12)6-4-8-16/h2-3,5,7,13-14,16,18-19H,4,6,8-9H2,1H3,(H,15,17). The van der Waals surface area contributed by atoms with Crippen molar-refractivity contribution in [1.29, 1.82) is 0 Å². The molecule has 1 rings (SSSR count). The lowest BCUT2D eigenvalue weighted by Crippen LogP contribution is -2.34. The summed E-state index contributed by atoms with van der Waals surface area (Å²) < 4.78 is 0. The molecule has 1 aromatic carbocycles. The largest absolute Gasteiger partial charge is 0.396 e. The van der Waals surface area contributed by atoms with Gasteiger partial charge in [0.25, 0.3) is 0 Å². The summed E-state index contributed by atoms with van der Waals surface area (Å²) >= 11 is 0. The molecule has 0 saturated heterocycles. The number of nitrogens with one attached hydrogen (secondary N) is 1. The average Bonchev–Trinajstić information content (AvgIpc) is 2.42. The fourth-order valence-electron chi connectivity index (χ4n) is 1.89. The number of aryl methyl sites for hydroxylation is 1. The second-order valence-electron chi connectivity index (χ2n) is 4.48. The van der Waals surface area contributed by atoms with Crippen LogP contribution in [0.3, 0.4) is 0 Å². The van der Waals surface area contributed by atoms with Crippen molar-refractivity contribution >= 4 is 5.91 Å². The van der Waals surface area contributed by atoms with E-state index in [4.69, 9.17) is 5.11 Å². The van der Waals surface area contributed by atoms with Crippen LogP contribution in [0.1, 0.15) is 30.6 Å². The smallest absolute Gasteiger partial charge is 0.216 e. The maximum absolute atomic E-state index is 10.8. The van der Waals surface area contributed by atoms with Crippen molar-refractivity contribution in [1.82, 2.24) is 5.32 Å². The summed E-state index contributed by atoms with van der Waals surface area (Å²) in [4.78, 5) is 10.8. The first-order valence-corrected chi connectivity index (χ1v) is 6.35. The molecule has 4 N–H and O–H groups in total. The van der Waals surface area contributed by atoms with E-state index in [2.05, 4.69) is 5.32 Å². The molecule has 1 amide bonds. The molecule has 106 valence electrons. The molecule has 5 heteroatoms. The van der Waals surface area contributed by atoms with Crippen LogP contribution in [0, 0.1) is 0 Å². The van der Waals surface area contributed by atoms with E-state index >= 15 is 0 Å². The molecule has 5 nitrogen and oxygen atoms in total. The maximum atomic E-state index is 10.8. The number of carbonyl (C=O) groups excluding carboxylic acids is 1. The molecular formula is C14H21NO4. The van der Waals surface area contributed by atoms with Gasteiger partial charge in [0.2, 0.25) is 5.91 Å². The number of aliphatic hydroxyl groups excluding tert-OH is 3. The topological polar surface area (TPSA) is 89.8 Å². The molecule has 0 aliphatic carbocycles. The third-order valence-corrected chi connectivity index (χ3v) is 2.90. The molecule has 0 radical (unpaired) electrons.